The highest BCUT2D eigenvalue weighted by Crippen LogP contribution is 2.43. The number of hydrogen-bond acceptors (Lipinski definition) is 6. The van der Waals surface area contributed by atoms with Crippen molar-refractivity contribution in [1.29, 1.82) is 0 Å². The Hall–Kier alpha value is -2.21. The van der Waals surface area contributed by atoms with Crippen molar-refractivity contribution in [3.05, 3.63) is 29.3 Å². The normalized spacial score (nSPS) is 21.2. The van der Waals surface area contributed by atoms with E-state index in [2.05, 4.69) is 15.1 Å². The summed E-state index contributed by atoms with van der Waals surface area (Å²) in [5, 5.41) is 15.1. The highest BCUT2D eigenvalue weighted by atomic mass is 32.1. The molecule has 3 heterocycles. The van der Waals surface area contributed by atoms with Crippen LogP contribution in [-0.2, 0) is 6.18 Å². The Labute approximate surface area is 146 Å². The second-order valence-corrected chi connectivity index (χ2v) is 6.50. The molecule has 0 aliphatic carbocycles. The van der Waals surface area contributed by atoms with Crippen molar-refractivity contribution in [1.82, 2.24) is 9.97 Å². The van der Waals surface area contributed by atoms with Crippen LogP contribution in [0.25, 0.3) is 10.6 Å². The molecule has 1 aliphatic rings. The number of alkyl halides is 6. The molecule has 0 aromatic carbocycles. The third-order valence-corrected chi connectivity index (χ3v) is 4.44. The minimum atomic E-state index is -5.19. The number of halogens is 6. The van der Waals surface area contributed by atoms with Gasteiger partial charge in [0.1, 0.15) is 0 Å². The fourth-order valence-corrected chi connectivity index (χ4v) is 3.06. The van der Waals surface area contributed by atoms with Crippen LogP contribution in [0.3, 0.4) is 0 Å². The molecule has 1 N–H and O–H groups in total. The Balaban J connectivity index is 2.19. The van der Waals surface area contributed by atoms with Gasteiger partial charge in [-0.3, -0.25) is 0 Å². The molecule has 26 heavy (non-hydrogen) atoms. The van der Waals surface area contributed by atoms with Gasteiger partial charge in [-0.15, -0.1) is 11.3 Å². The van der Waals surface area contributed by atoms with Gasteiger partial charge in [0.2, 0.25) is 5.95 Å². The molecule has 0 saturated heterocycles. The first kappa shape index (κ1) is 18.6. The zero-order valence-electron chi connectivity index (χ0n) is 12.9. The summed E-state index contributed by atoms with van der Waals surface area (Å²) in [5.41, 5.74) is -5.30. The quantitative estimate of drug-likeness (QED) is 0.778. The summed E-state index contributed by atoms with van der Waals surface area (Å²) >= 11 is 1.06. The van der Waals surface area contributed by atoms with E-state index < -0.39 is 36.1 Å². The van der Waals surface area contributed by atoms with Crippen molar-refractivity contribution in [2.24, 2.45) is 5.10 Å². The van der Waals surface area contributed by atoms with Gasteiger partial charge in [0.25, 0.3) is 5.72 Å². The number of thiophene rings is 1. The lowest BCUT2D eigenvalue weighted by molar-refractivity contribution is -0.254. The van der Waals surface area contributed by atoms with E-state index in [4.69, 9.17) is 0 Å². The van der Waals surface area contributed by atoms with E-state index in [0.717, 1.165) is 11.3 Å². The average Bonchev–Trinajstić information content (AvgIpc) is 3.13. The van der Waals surface area contributed by atoms with E-state index in [9.17, 15) is 31.4 Å². The molecule has 2 aromatic heterocycles. The second kappa shape index (κ2) is 5.91. The second-order valence-electron chi connectivity index (χ2n) is 5.55. The lowest BCUT2D eigenvalue weighted by Gasteiger charge is -2.32. The third-order valence-electron chi connectivity index (χ3n) is 3.55. The van der Waals surface area contributed by atoms with Gasteiger partial charge in [-0.05, 0) is 24.4 Å². The van der Waals surface area contributed by atoms with Crippen molar-refractivity contribution >= 4 is 23.0 Å². The molecule has 0 fully saturated rings. The molecular formula is C14H10F6N4OS. The van der Waals surface area contributed by atoms with Crippen molar-refractivity contribution < 1.29 is 31.4 Å². The van der Waals surface area contributed by atoms with E-state index in [-0.39, 0.29) is 16.4 Å². The van der Waals surface area contributed by atoms with Gasteiger partial charge >= 0.3 is 12.4 Å². The lowest BCUT2D eigenvalue weighted by Crippen LogP contribution is -2.55. The maximum atomic E-state index is 13.3. The van der Waals surface area contributed by atoms with Crippen LogP contribution in [0, 0.1) is 0 Å². The fourth-order valence-electron chi connectivity index (χ4n) is 2.38. The maximum absolute atomic E-state index is 13.3. The van der Waals surface area contributed by atoms with Gasteiger partial charge in [0.05, 0.1) is 10.6 Å². The molecule has 2 aromatic rings. The molecular weight excluding hydrogens is 386 g/mol. The van der Waals surface area contributed by atoms with Gasteiger partial charge in [0, 0.05) is 12.1 Å². The van der Waals surface area contributed by atoms with E-state index in [0.29, 0.717) is 10.9 Å². The number of hydrogen-bond donors (Lipinski definition) is 1. The first-order valence-corrected chi connectivity index (χ1v) is 7.93. The van der Waals surface area contributed by atoms with Crippen LogP contribution in [0.5, 0.6) is 0 Å². The number of rotatable bonds is 2. The van der Waals surface area contributed by atoms with Crippen molar-refractivity contribution in [3.63, 3.8) is 0 Å². The summed E-state index contributed by atoms with van der Waals surface area (Å²) < 4.78 is 79.4. The number of aromatic nitrogens is 2. The zero-order valence-corrected chi connectivity index (χ0v) is 13.7. The molecule has 1 atom stereocenters. The van der Waals surface area contributed by atoms with Gasteiger partial charge in [0.15, 0.2) is 5.69 Å². The van der Waals surface area contributed by atoms with E-state index >= 15 is 0 Å². The van der Waals surface area contributed by atoms with Crippen molar-refractivity contribution in [3.8, 4) is 10.6 Å². The first-order chi connectivity index (χ1) is 11.9. The third kappa shape index (κ3) is 3.14. The number of aliphatic hydroxyl groups is 1. The zero-order chi connectivity index (χ0) is 19.3. The van der Waals surface area contributed by atoms with Crippen molar-refractivity contribution in [2.45, 2.75) is 31.4 Å². The largest absolute Gasteiger partial charge is 0.438 e. The summed E-state index contributed by atoms with van der Waals surface area (Å²) in [6.45, 7) is 1.21. The summed E-state index contributed by atoms with van der Waals surface area (Å²) in [7, 11) is 0. The van der Waals surface area contributed by atoms with Gasteiger partial charge in [-0.1, -0.05) is 6.07 Å². The fraction of sp³-hybridized carbons (Fsp3) is 0.357. The average molecular weight is 396 g/mol. The molecule has 0 radical (unpaired) electrons. The van der Waals surface area contributed by atoms with E-state index in [1.54, 1.807) is 11.4 Å². The molecule has 0 unspecified atom stereocenters. The Kier molecular flexibility index (Phi) is 4.22. The molecule has 1 aliphatic heterocycles. The Morgan fingerprint density at radius 1 is 1.19 bits per heavy atom. The smallest absolute Gasteiger partial charge is 0.362 e. The molecule has 0 saturated carbocycles. The molecule has 3 rings (SSSR count). The summed E-state index contributed by atoms with van der Waals surface area (Å²) in [5.74, 6) is -0.986. The summed E-state index contributed by atoms with van der Waals surface area (Å²) in [6.07, 6.45) is -11.0. The van der Waals surface area contributed by atoms with Crippen LogP contribution in [-0.4, -0.2) is 32.7 Å². The van der Waals surface area contributed by atoms with E-state index in [1.807, 2.05) is 0 Å². The molecule has 140 valence electrons. The van der Waals surface area contributed by atoms with E-state index in [1.165, 1.54) is 13.0 Å². The summed E-state index contributed by atoms with van der Waals surface area (Å²) in [4.78, 5) is 7.24. The predicted molar refractivity (Wildman–Crippen MR) is 81.6 cm³/mol. The van der Waals surface area contributed by atoms with Crippen LogP contribution < -0.4 is 5.01 Å². The first-order valence-electron chi connectivity index (χ1n) is 7.05. The maximum Gasteiger partial charge on any atom is 0.438 e. The Bertz CT molecular complexity index is 848. The molecule has 0 amide bonds. The van der Waals surface area contributed by atoms with Gasteiger partial charge in [-0.2, -0.15) is 36.5 Å². The Morgan fingerprint density at radius 3 is 2.42 bits per heavy atom. The molecule has 0 bridgehead atoms. The standard InChI is InChI=1S/C14H10F6N4OS/c1-7-6-12(25,14(18,19)20)24(23-7)11-21-8(9-3-2-4-26-9)5-10(22-11)13(15,16)17/h2-5,25H,6H2,1H3/t12-/m0/s1. The van der Waals surface area contributed by atoms with Crippen LogP contribution in [0.2, 0.25) is 0 Å². The van der Waals surface area contributed by atoms with Gasteiger partial charge in [-0.25, -0.2) is 9.97 Å². The lowest BCUT2D eigenvalue weighted by atomic mass is 10.1. The topological polar surface area (TPSA) is 61.6 Å². The monoisotopic (exact) mass is 396 g/mol. The highest BCUT2D eigenvalue weighted by Gasteiger charge is 2.62. The number of hydrazone groups is 1. The molecule has 0 spiro atoms. The van der Waals surface area contributed by atoms with Crippen LogP contribution >= 0.6 is 11.3 Å². The number of nitrogens with zero attached hydrogens (tertiary/aromatic N) is 4. The number of anilines is 1. The van der Waals surface area contributed by atoms with Crippen LogP contribution in [0.1, 0.15) is 19.0 Å². The van der Waals surface area contributed by atoms with Crippen molar-refractivity contribution in [2.75, 3.05) is 5.01 Å². The molecule has 5 nitrogen and oxygen atoms in total. The minimum Gasteiger partial charge on any atom is -0.362 e. The Morgan fingerprint density at radius 2 is 1.88 bits per heavy atom. The van der Waals surface area contributed by atoms with Crippen LogP contribution in [0.15, 0.2) is 28.7 Å². The SMILES string of the molecule is CC1=NN(c2nc(-c3cccs3)cc(C(F)(F)F)n2)[C@@](O)(C(F)(F)F)C1. The van der Waals surface area contributed by atoms with Crippen LogP contribution in [0.4, 0.5) is 32.3 Å². The summed E-state index contributed by atoms with van der Waals surface area (Å²) in [6, 6.07) is 3.65. The highest BCUT2D eigenvalue weighted by molar-refractivity contribution is 7.13. The predicted octanol–water partition coefficient (Wildman–Crippen LogP) is 4.06. The molecule has 12 heteroatoms. The minimum absolute atomic E-state index is 0.00528. The van der Waals surface area contributed by atoms with Gasteiger partial charge < -0.3 is 5.11 Å².